The summed E-state index contributed by atoms with van der Waals surface area (Å²) < 4.78 is 5.02. The van der Waals surface area contributed by atoms with Gasteiger partial charge in [-0.3, -0.25) is 0 Å². The van der Waals surface area contributed by atoms with Crippen molar-refractivity contribution in [2.24, 2.45) is 0 Å². The second kappa shape index (κ2) is 5.55. The Morgan fingerprint density at radius 2 is 1.94 bits per heavy atom. The molecule has 0 aliphatic heterocycles. The highest BCUT2D eigenvalue weighted by atomic mass is 32.2. The lowest BCUT2D eigenvalue weighted by Gasteiger charge is -2.03. The highest BCUT2D eigenvalue weighted by Gasteiger charge is 2.03. The van der Waals surface area contributed by atoms with Crippen LogP contribution in [0.15, 0.2) is 52.5 Å². The van der Waals surface area contributed by atoms with Crippen molar-refractivity contribution >= 4 is 17.7 Å². The number of pyridine rings is 1. The van der Waals surface area contributed by atoms with E-state index in [1.807, 2.05) is 12.1 Å². The maximum Gasteiger partial charge on any atom is 0.335 e. The van der Waals surface area contributed by atoms with Gasteiger partial charge in [0.15, 0.2) is 0 Å². The molecule has 5 heteroatoms. The van der Waals surface area contributed by atoms with Crippen LogP contribution in [0.2, 0.25) is 0 Å². The zero-order valence-electron chi connectivity index (χ0n) is 9.66. The van der Waals surface area contributed by atoms with Crippen molar-refractivity contribution in [3.05, 3.63) is 48.2 Å². The second-order valence-corrected chi connectivity index (χ2v) is 4.56. The lowest BCUT2D eigenvalue weighted by atomic mass is 10.2. The average Bonchev–Trinajstić information content (AvgIpc) is 2.40. The molecule has 0 radical (unpaired) electrons. The van der Waals surface area contributed by atoms with Crippen molar-refractivity contribution in [3.63, 3.8) is 0 Å². The summed E-state index contributed by atoms with van der Waals surface area (Å²) in [5.41, 5.74) is 0.280. The highest BCUT2D eigenvalue weighted by Crippen LogP contribution is 2.27. The Labute approximate surface area is 109 Å². The number of carboxylic acid groups (broad SMARTS) is 1. The van der Waals surface area contributed by atoms with Crippen molar-refractivity contribution in [3.8, 4) is 5.75 Å². The van der Waals surface area contributed by atoms with Gasteiger partial charge in [0.1, 0.15) is 10.8 Å². The Morgan fingerprint density at radius 3 is 2.44 bits per heavy atom. The predicted molar refractivity (Wildman–Crippen MR) is 68.3 cm³/mol. The molecule has 0 atom stereocenters. The Morgan fingerprint density at radius 1 is 1.22 bits per heavy atom. The molecule has 0 spiro atoms. The van der Waals surface area contributed by atoms with E-state index in [-0.39, 0.29) is 5.56 Å². The van der Waals surface area contributed by atoms with Crippen LogP contribution >= 0.6 is 11.8 Å². The molecule has 1 N–H and O–H groups in total. The Balaban J connectivity index is 2.10. The van der Waals surface area contributed by atoms with E-state index in [0.29, 0.717) is 5.75 Å². The molecule has 1 heterocycles. The van der Waals surface area contributed by atoms with Gasteiger partial charge in [-0.2, -0.15) is 0 Å². The average molecular weight is 261 g/mol. The van der Waals surface area contributed by atoms with Crippen molar-refractivity contribution in [1.29, 1.82) is 0 Å². The predicted octanol–water partition coefficient (Wildman–Crippen LogP) is 2.94. The third-order valence-corrected chi connectivity index (χ3v) is 3.23. The van der Waals surface area contributed by atoms with Crippen LogP contribution in [0.1, 0.15) is 10.4 Å². The molecule has 0 saturated heterocycles. The smallest absolute Gasteiger partial charge is 0.335 e. The second-order valence-electron chi connectivity index (χ2n) is 3.47. The zero-order valence-corrected chi connectivity index (χ0v) is 10.5. The van der Waals surface area contributed by atoms with Gasteiger partial charge in [0.25, 0.3) is 0 Å². The van der Waals surface area contributed by atoms with E-state index in [0.717, 1.165) is 9.92 Å². The van der Waals surface area contributed by atoms with Gasteiger partial charge in [0, 0.05) is 4.90 Å². The first-order chi connectivity index (χ1) is 8.69. The summed E-state index contributed by atoms with van der Waals surface area (Å²) in [7, 11) is 1.59. The van der Waals surface area contributed by atoms with Gasteiger partial charge >= 0.3 is 5.97 Å². The number of benzene rings is 1. The summed E-state index contributed by atoms with van der Waals surface area (Å²) in [6, 6.07) is 10.4. The molecule has 0 unspecified atom stereocenters. The fraction of sp³-hybridized carbons (Fsp3) is 0.0769. The minimum atomic E-state index is -0.922. The molecule has 4 nitrogen and oxygen atoms in total. The third kappa shape index (κ3) is 3.01. The SMILES string of the molecule is COc1ccc(Sc2ccc(C(=O)O)cc2)nc1. The van der Waals surface area contributed by atoms with Gasteiger partial charge in [0.2, 0.25) is 0 Å². The van der Waals surface area contributed by atoms with Gasteiger partial charge < -0.3 is 9.84 Å². The Bertz CT molecular complexity index is 537. The number of ether oxygens (including phenoxy) is 1. The first-order valence-electron chi connectivity index (χ1n) is 5.20. The summed E-state index contributed by atoms with van der Waals surface area (Å²) >= 11 is 1.47. The fourth-order valence-corrected chi connectivity index (χ4v) is 2.09. The molecule has 2 rings (SSSR count). The number of carboxylic acids is 1. The van der Waals surface area contributed by atoms with Crippen LogP contribution < -0.4 is 4.74 Å². The standard InChI is InChI=1S/C13H11NO3S/c1-17-10-4-7-12(14-8-10)18-11-5-2-9(3-6-11)13(15)16/h2-8H,1H3,(H,15,16). The molecular weight excluding hydrogens is 250 g/mol. The van der Waals surface area contributed by atoms with Crippen LogP contribution in [-0.4, -0.2) is 23.2 Å². The van der Waals surface area contributed by atoms with E-state index in [4.69, 9.17) is 9.84 Å². The first kappa shape index (κ1) is 12.4. The highest BCUT2D eigenvalue weighted by molar-refractivity contribution is 7.99. The largest absolute Gasteiger partial charge is 0.495 e. The van der Waals surface area contributed by atoms with E-state index in [9.17, 15) is 4.79 Å². The van der Waals surface area contributed by atoms with E-state index in [2.05, 4.69) is 4.98 Å². The van der Waals surface area contributed by atoms with Gasteiger partial charge in [-0.25, -0.2) is 9.78 Å². The summed E-state index contributed by atoms with van der Waals surface area (Å²) in [5.74, 6) is -0.213. The molecule has 0 bridgehead atoms. The minimum Gasteiger partial charge on any atom is -0.495 e. The number of nitrogens with zero attached hydrogens (tertiary/aromatic N) is 1. The van der Waals surface area contributed by atoms with Crippen LogP contribution in [0.5, 0.6) is 5.75 Å². The maximum absolute atomic E-state index is 10.7. The van der Waals surface area contributed by atoms with Crippen LogP contribution in [-0.2, 0) is 0 Å². The van der Waals surface area contributed by atoms with Crippen molar-refractivity contribution in [2.45, 2.75) is 9.92 Å². The number of carbonyl (C=O) groups is 1. The van der Waals surface area contributed by atoms with Crippen LogP contribution in [0.25, 0.3) is 0 Å². The summed E-state index contributed by atoms with van der Waals surface area (Å²) in [6.07, 6.45) is 1.65. The first-order valence-corrected chi connectivity index (χ1v) is 6.02. The van der Waals surface area contributed by atoms with E-state index >= 15 is 0 Å². The topological polar surface area (TPSA) is 59.4 Å². The van der Waals surface area contributed by atoms with E-state index < -0.39 is 5.97 Å². The van der Waals surface area contributed by atoms with Crippen LogP contribution in [0, 0.1) is 0 Å². The summed E-state index contributed by atoms with van der Waals surface area (Å²) in [6.45, 7) is 0. The quantitative estimate of drug-likeness (QED) is 0.917. The number of hydrogen-bond donors (Lipinski definition) is 1. The molecular formula is C13H11NO3S. The maximum atomic E-state index is 10.7. The van der Waals surface area contributed by atoms with Gasteiger partial charge in [-0.15, -0.1) is 0 Å². The lowest BCUT2D eigenvalue weighted by molar-refractivity contribution is 0.0697. The number of aromatic carboxylic acids is 1. The number of hydrogen-bond acceptors (Lipinski definition) is 4. The summed E-state index contributed by atoms with van der Waals surface area (Å²) in [5, 5.41) is 9.62. The Kier molecular flexibility index (Phi) is 3.84. The third-order valence-electron chi connectivity index (χ3n) is 2.27. The van der Waals surface area contributed by atoms with Crippen molar-refractivity contribution in [1.82, 2.24) is 4.98 Å². The Hall–Kier alpha value is -2.01. The normalized spacial score (nSPS) is 10.1. The molecule has 0 saturated carbocycles. The molecule has 1 aromatic heterocycles. The molecule has 1 aromatic carbocycles. The molecule has 2 aromatic rings. The fourth-order valence-electron chi connectivity index (χ4n) is 1.33. The van der Waals surface area contributed by atoms with Crippen LogP contribution in [0.3, 0.4) is 0 Å². The molecule has 0 fully saturated rings. The number of rotatable bonds is 4. The molecule has 18 heavy (non-hydrogen) atoms. The van der Waals surface area contributed by atoms with Crippen LogP contribution in [0.4, 0.5) is 0 Å². The number of methoxy groups -OCH3 is 1. The van der Waals surface area contributed by atoms with Gasteiger partial charge in [-0.05, 0) is 36.4 Å². The van der Waals surface area contributed by atoms with Crippen molar-refractivity contribution < 1.29 is 14.6 Å². The molecule has 0 amide bonds. The minimum absolute atomic E-state index is 0.280. The molecule has 0 aliphatic carbocycles. The number of aromatic nitrogens is 1. The summed E-state index contributed by atoms with van der Waals surface area (Å²) in [4.78, 5) is 15.9. The van der Waals surface area contributed by atoms with E-state index in [1.165, 1.54) is 11.8 Å². The van der Waals surface area contributed by atoms with Gasteiger partial charge in [-0.1, -0.05) is 11.8 Å². The van der Waals surface area contributed by atoms with Gasteiger partial charge in [0.05, 0.1) is 18.9 Å². The molecule has 0 aliphatic rings. The molecule has 92 valence electrons. The monoisotopic (exact) mass is 261 g/mol. The lowest BCUT2D eigenvalue weighted by Crippen LogP contribution is -1.94. The van der Waals surface area contributed by atoms with E-state index in [1.54, 1.807) is 37.6 Å². The van der Waals surface area contributed by atoms with Crippen molar-refractivity contribution in [2.75, 3.05) is 7.11 Å². The zero-order chi connectivity index (χ0) is 13.0.